The van der Waals surface area contributed by atoms with Crippen molar-refractivity contribution in [2.75, 3.05) is 26.2 Å². The summed E-state index contributed by atoms with van der Waals surface area (Å²) in [5.74, 6) is 0. The van der Waals surface area contributed by atoms with Gasteiger partial charge in [0.05, 0.1) is 11.7 Å². The van der Waals surface area contributed by atoms with Gasteiger partial charge in [-0.15, -0.1) is 0 Å². The van der Waals surface area contributed by atoms with Gasteiger partial charge in [0.2, 0.25) is 0 Å². The van der Waals surface area contributed by atoms with Crippen molar-refractivity contribution >= 4 is 6.03 Å². The molecule has 3 heterocycles. The van der Waals surface area contributed by atoms with E-state index in [1.54, 1.807) is 0 Å². The number of nitrogens with zero attached hydrogens (tertiary/aromatic N) is 3. The summed E-state index contributed by atoms with van der Waals surface area (Å²) in [7, 11) is 0. The highest BCUT2D eigenvalue weighted by molar-refractivity contribution is 5.74. The van der Waals surface area contributed by atoms with Crippen LogP contribution in [0, 0.1) is 0 Å². The van der Waals surface area contributed by atoms with Crippen molar-refractivity contribution in [2.24, 2.45) is 0 Å². The van der Waals surface area contributed by atoms with Crippen LogP contribution in [0.25, 0.3) is 0 Å². The zero-order valence-electron chi connectivity index (χ0n) is 11.1. The average molecular weight is 263 g/mol. The predicted octanol–water partition coefficient (Wildman–Crippen LogP) is 0.723. The summed E-state index contributed by atoms with van der Waals surface area (Å²) in [6.45, 7) is 4.33. The van der Waals surface area contributed by atoms with E-state index >= 15 is 0 Å². The van der Waals surface area contributed by atoms with E-state index in [4.69, 9.17) is 0 Å². The molecule has 2 aliphatic rings. The first kappa shape index (κ1) is 12.5. The van der Waals surface area contributed by atoms with E-state index in [2.05, 4.69) is 20.4 Å². The highest BCUT2D eigenvalue weighted by Crippen LogP contribution is 2.16. The number of amides is 2. The molecule has 2 amide bonds. The van der Waals surface area contributed by atoms with E-state index in [0.717, 1.165) is 45.4 Å². The van der Waals surface area contributed by atoms with Crippen LogP contribution < -0.4 is 10.6 Å². The molecule has 104 valence electrons. The van der Waals surface area contributed by atoms with Gasteiger partial charge in [-0.05, 0) is 25.3 Å². The highest BCUT2D eigenvalue weighted by Gasteiger charge is 2.21. The Hall–Kier alpha value is -1.56. The van der Waals surface area contributed by atoms with Gasteiger partial charge >= 0.3 is 6.03 Å². The molecule has 1 atom stereocenters. The molecule has 6 nitrogen and oxygen atoms in total. The topological polar surface area (TPSA) is 62.2 Å². The van der Waals surface area contributed by atoms with Gasteiger partial charge in [-0.1, -0.05) is 0 Å². The van der Waals surface area contributed by atoms with E-state index in [1.165, 1.54) is 5.69 Å². The number of hydrogen-bond donors (Lipinski definition) is 2. The van der Waals surface area contributed by atoms with Crippen LogP contribution in [0.1, 0.15) is 31.0 Å². The third-order valence-electron chi connectivity index (χ3n) is 3.93. The molecule has 1 fully saturated rings. The molecule has 2 aliphatic heterocycles. The first-order chi connectivity index (χ1) is 9.34. The summed E-state index contributed by atoms with van der Waals surface area (Å²) >= 11 is 0. The Bertz CT molecular complexity index is 438. The largest absolute Gasteiger partial charge is 0.338 e. The fraction of sp³-hybridized carbons (Fsp3) is 0.692. The molecular weight excluding hydrogens is 242 g/mol. The van der Waals surface area contributed by atoms with Gasteiger partial charge in [-0.25, -0.2) is 4.79 Å². The highest BCUT2D eigenvalue weighted by atomic mass is 16.2. The SMILES string of the molecule is O=C(NCCC1CNCc2ccnn21)N1CCCC1. The molecule has 0 spiro atoms. The molecule has 6 heteroatoms. The minimum atomic E-state index is 0.0851. The summed E-state index contributed by atoms with van der Waals surface area (Å²) in [6, 6.07) is 2.47. The fourth-order valence-corrected chi connectivity index (χ4v) is 2.87. The number of hydrogen-bond acceptors (Lipinski definition) is 3. The number of nitrogens with one attached hydrogen (secondary N) is 2. The van der Waals surface area contributed by atoms with E-state index in [1.807, 2.05) is 17.2 Å². The Kier molecular flexibility index (Phi) is 3.68. The second-order valence-electron chi connectivity index (χ2n) is 5.27. The fourth-order valence-electron chi connectivity index (χ4n) is 2.87. The number of fused-ring (bicyclic) bond motifs is 1. The Labute approximate surface area is 113 Å². The zero-order valence-corrected chi connectivity index (χ0v) is 11.1. The van der Waals surface area contributed by atoms with Crippen molar-refractivity contribution in [3.05, 3.63) is 18.0 Å². The van der Waals surface area contributed by atoms with Gasteiger partial charge in [0, 0.05) is 38.9 Å². The van der Waals surface area contributed by atoms with Gasteiger partial charge in [0.25, 0.3) is 0 Å². The Morgan fingerprint density at radius 2 is 2.32 bits per heavy atom. The smallest absolute Gasteiger partial charge is 0.317 e. The van der Waals surface area contributed by atoms with Crippen molar-refractivity contribution in [3.63, 3.8) is 0 Å². The molecule has 0 aliphatic carbocycles. The molecule has 3 rings (SSSR count). The van der Waals surface area contributed by atoms with Crippen LogP contribution in [0.5, 0.6) is 0 Å². The van der Waals surface area contributed by atoms with Crippen molar-refractivity contribution in [2.45, 2.75) is 31.8 Å². The van der Waals surface area contributed by atoms with Gasteiger partial charge in [0.15, 0.2) is 0 Å². The third kappa shape index (κ3) is 2.73. The monoisotopic (exact) mass is 263 g/mol. The minimum absolute atomic E-state index is 0.0851. The Balaban J connectivity index is 1.47. The molecule has 0 aromatic carbocycles. The summed E-state index contributed by atoms with van der Waals surface area (Å²) in [4.78, 5) is 13.8. The number of carbonyl (C=O) groups is 1. The van der Waals surface area contributed by atoms with Crippen molar-refractivity contribution in [1.82, 2.24) is 25.3 Å². The van der Waals surface area contributed by atoms with Crippen LogP contribution in [0.15, 0.2) is 12.3 Å². The minimum Gasteiger partial charge on any atom is -0.338 e. The van der Waals surface area contributed by atoms with Gasteiger partial charge in [0.1, 0.15) is 0 Å². The van der Waals surface area contributed by atoms with Crippen LogP contribution in [0.2, 0.25) is 0 Å². The van der Waals surface area contributed by atoms with Gasteiger partial charge in [-0.2, -0.15) is 5.10 Å². The van der Waals surface area contributed by atoms with Crippen LogP contribution in [0.4, 0.5) is 4.79 Å². The van der Waals surface area contributed by atoms with E-state index in [-0.39, 0.29) is 6.03 Å². The number of rotatable bonds is 3. The maximum absolute atomic E-state index is 11.9. The van der Waals surface area contributed by atoms with E-state index < -0.39 is 0 Å². The zero-order chi connectivity index (χ0) is 13.1. The lowest BCUT2D eigenvalue weighted by Gasteiger charge is -2.26. The Morgan fingerprint density at radius 3 is 3.16 bits per heavy atom. The number of aromatic nitrogens is 2. The molecule has 1 aromatic heterocycles. The third-order valence-corrected chi connectivity index (χ3v) is 3.93. The molecule has 1 unspecified atom stereocenters. The summed E-state index contributed by atoms with van der Waals surface area (Å²) in [5.41, 5.74) is 1.22. The summed E-state index contributed by atoms with van der Waals surface area (Å²) < 4.78 is 2.08. The van der Waals surface area contributed by atoms with Crippen LogP contribution in [-0.4, -0.2) is 46.9 Å². The molecule has 0 radical (unpaired) electrons. The van der Waals surface area contributed by atoms with Crippen LogP contribution in [0.3, 0.4) is 0 Å². The van der Waals surface area contributed by atoms with Crippen LogP contribution in [-0.2, 0) is 6.54 Å². The lowest BCUT2D eigenvalue weighted by molar-refractivity contribution is 0.207. The normalized spacial score (nSPS) is 22.3. The molecule has 1 aromatic rings. The first-order valence-corrected chi connectivity index (χ1v) is 7.10. The average Bonchev–Trinajstić information content (AvgIpc) is 3.10. The molecule has 0 saturated carbocycles. The maximum atomic E-state index is 11.9. The molecule has 1 saturated heterocycles. The number of carbonyl (C=O) groups excluding carboxylic acids is 1. The first-order valence-electron chi connectivity index (χ1n) is 7.10. The Morgan fingerprint density at radius 1 is 1.47 bits per heavy atom. The van der Waals surface area contributed by atoms with E-state index in [0.29, 0.717) is 12.6 Å². The molecular formula is C13H21N5O. The van der Waals surface area contributed by atoms with Crippen LogP contribution >= 0.6 is 0 Å². The predicted molar refractivity (Wildman–Crippen MR) is 71.8 cm³/mol. The quantitative estimate of drug-likeness (QED) is 0.845. The lowest BCUT2D eigenvalue weighted by Crippen LogP contribution is -2.40. The van der Waals surface area contributed by atoms with Crippen molar-refractivity contribution in [1.29, 1.82) is 0 Å². The second-order valence-corrected chi connectivity index (χ2v) is 5.27. The van der Waals surface area contributed by atoms with Gasteiger partial charge < -0.3 is 15.5 Å². The maximum Gasteiger partial charge on any atom is 0.317 e. The molecule has 2 N–H and O–H groups in total. The summed E-state index contributed by atoms with van der Waals surface area (Å²) in [5, 5.41) is 10.8. The molecule has 0 bridgehead atoms. The second kappa shape index (κ2) is 5.61. The number of urea groups is 1. The standard InChI is InChI=1S/C13H21N5O/c19-13(17-7-1-2-8-17)15-5-3-11-9-14-10-12-4-6-16-18(11)12/h4,6,11,14H,1-3,5,7-10H2,(H,15,19). The number of likely N-dealkylation sites (tertiary alicyclic amines) is 1. The molecule has 19 heavy (non-hydrogen) atoms. The van der Waals surface area contributed by atoms with Crippen molar-refractivity contribution < 1.29 is 4.79 Å². The van der Waals surface area contributed by atoms with E-state index in [9.17, 15) is 4.79 Å². The van der Waals surface area contributed by atoms with Crippen molar-refractivity contribution in [3.8, 4) is 0 Å². The van der Waals surface area contributed by atoms with Gasteiger partial charge in [-0.3, -0.25) is 4.68 Å². The summed E-state index contributed by atoms with van der Waals surface area (Å²) in [6.07, 6.45) is 5.03. The lowest BCUT2D eigenvalue weighted by atomic mass is 10.1.